The molecular weight excluding hydrogens is 236 g/mol. The van der Waals surface area contributed by atoms with Crippen LogP contribution in [0.4, 0.5) is 0 Å². The van der Waals surface area contributed by atoms with Crippen molar-refractivity contribution in [1.29, 1.82) is 0 Å². The van der Waals surface area contributed by atoms with Crippen molar-refractivity contribution >= 4 is 17.5 Å². The Kier molecular flexibility index (Phi) is 3.76. The molecule has 0 radical (unpaired) electrons. The molecule has 2 rings (SSSR count). The Labute approximate surface area is 106 Å². The van der Waals surface area contributed by atoms with Crippen LogP contribution in [0.5, 0.6) is 5.75 Å². The molecule has 0 aromatic carbocycles. The predicted octanol–water partition coefficient (Wildman–Crippen LogP) is 2.41. The third kappa shape index (κ3) is 2.34. The summed E-state index contributed by atoms with van der Waals surface area (Å²) in [6, 6.07) is 0.173. The number of nitrogens with zero attached hydrogens (tertiary/aromatic N) is 2. The Morgan fingerprint density at radius 1 is 1.65 bits per heavy atom. The zero-order chi connectivity index (χ0) is 12.4. The Hall–Kier alpha value is -0.970. The fraction of sp³-hybridized carbons (Fsp3) is 0.667. The molecule has 0 amide bonds. The van der Waals surface area contributed by atoms with Crippen molar-refractivity contribution in [2.24, 2.45) is 5.92 Å². The first-order valence-corrected chi connectivity index (χ1v) is 7.04. The van der Waals surface area contributed by atoms with Gasteiger partial charge in [-0.05, 0) is 26.0 Å². The summed E-state index contributed by atoms with van der Waals surface area (Å²) in [6.07, 6.45) is 2.60. The molecule has 0 bridgehead atoms. The molecule has 17 heavy (non-hydrogen) atoms. The van der Waals surface area contributed by atoms with Gasteiger partial charge >= 0.3 is 0 Å². The van der Waals surface area contributed by atoms with Crippen LogP contribution in [0.1, 0.15) is 36.8 Å². The van der Waals surface area contributed by atoms with Crippen LogP contribution in [0.15, 0.2) is 6.20 Å². The van der Waals surface area contributed by atoms with Crippen LogP contribution < -0.4 is 4.74 Å². The Morgan fingerprint density at radius 3 is 2.94 bits per heavy atom. The van der Waals surface area contributed by atoms with E-state index in [1.807, 2.05) is 25.6 Å². The molecule has 0 saturated carbocycles. The summed E-state index contributed by atoms with van der Waals surface area (Å²) in [6.45, 7) is 4.04. The van der Waals surface area contributed by atoms with Gasteiger partial charge in [0.2, 0.25) is 0 Å². The lowest BCUT2D eigenvalue weighted by molar-refractivity contribution is 0.0917. The maximum absolute atomic E-state index is 12.5. The van der Waals surface area contributed by atoms with Crippen molar-refractivity contribution in [2.75, 3.05) is 18.6 Å². The molecule has 1 aromatic heterocycles. The molecular formula is C12H18N2O2S. The third-order valence-electron chi connectivity index (χ3n) is 3.00. The van der Waals surface area contributed by atoms with Gasteiger partial charge in [-0.2, -0.15) is 16.9 Å². The molecule has 5 heteroatoms. The number of rotatable bonds is 4. The Morgan fingerprint density at radius 2 is 2.41 bits per heavy atom. The number of carbonyl (C=O) groups is 1. The van der Waals surface area contributed by atoms with Gasteiger partial charge in [0, 0.05) is 17.7 Å². The van der Waals surface area contributed by atoms with Crippen molar-refractivity contribution in [3.05, 3.63) is 11.9 Å². The van der Waals surface area contributed by atoms with E-state index in [0.29, 0.717) is 11.4 Å². The highest BCUT2D eigenvalue weighted by molar-refractivity contribution is 7.99. The van der Waals surface area contributed by atoms with E-state index in [4.69, 9.17) is 4.74 Å². The molecule has 1 saturated heterocycles. The van der Waals surface area contributed by atoms with E-state index in [-0.39, 0.29) is 17.7 Å². The average molecular weight is 254 g/mol. The second kappa shape index (κ2) is 5.12. The minimum atomic E-state index is 0.128. The first kappa shape index (κ1) is 12.5. The number of hydrogen-bond acceptors (Lipinski definition) is 4. The van der Waals surface area contributed by atoms with Crippen LogP contribution in [0, 0.1) is 5.92 Å². The summed E-state index contributed by atoms with van der Waals surface area (Å²) in [5.41, 5.74) is 0.634. The number of ether oxygens (including phenoxy) is 1. The van der Waals surface area contributed by atoms with Gasteiger partial charge < -0.3 is 4.74 Å². The van der Waals surface area contributed by atoms with Crippen molar-refractivity contribution in [1.82, 2.24) is 9.78 Å². The zero-order valence-corrected chi connectivity index (χ0v) is 11.3. The quantitative estimate of drug-likeness (QED) is 0.774. The summed E-state index contributed by atoms with van der Waals surface area (Å²) < 4.78 is 7.01. The number of ketones is 1. The van der Waals surface area contributed by atoms with Gasteiger partial charge in [-0.15, -0.1) is 0 Å². The highest BCUT2D eigenvalue weighted by Gasteiger charge is 2.30. The molecule has 1 aliphatic heterocycles. The lowest BCUT2D eigenvalue weighted by Gasteiger charge is -2.13. The highest BCUT2D eigenvalue weighted by atomic mass is 32.2. The van der Waals surface area contributed by atoms with Crippen LogP contribution in [0.2, 0.25) is 0 Å². The average Bonchev–Trinajstić information content (AvgIpc) is 2.96. The van der Waals surface area contributed by atoms with Gasteiger partial charge in [0.05, 0.1) is 13.3 Å². The van der Waals surface area contributed by atoms with Gasteiger partial charge in [0.15, 0.2) is 11.5 Å². The monoisotopic (exact) mass is 254 g/mol. The summed E-state index contributed by atoms with van der Waals surface area (Å²) in [4.78, 5) is 12.5. The normalized spacial score (nSPS) is 19.9. The molecule has 0 spiro atoms. The van der Waals surface area contributed by atoms with E-state index in [9.17, 15) is 4.79 Å². The van der Waals surface area contributed by atoms with Gasteiger partial charge in [-0.3, -0.25) is 9.48 Å². The minimum Gasteiger partial charge on any atom is -0.493 e. The number of Topliss-reactive ketones (excluding diaryl/α,β-unsaturated/α-hetero) is 1. The van der Waals surface area contributed by atoms with E-state index in [1.165, 1.54) is 0 Å². The molecule has 4 nitrogen and oxygen atoms in total. The Balaban J connectivity index is 2.34. The first-order valence-electron chi connectivity index (χ1n) is 5.88. The van der Waals surface area contributed by atoms with Crippen molar-refractivity contribution in [2.45, 2.75) is 26.3 Å². The van der Waals surface area contributed by atoms with Gasteiger partial charge in [-0.1, -0.05) is 0 Å². The third-order valence-corrected chi connectivity index (χ3v) is 4.17. The van der Waals surface area contributed by atoms with Crippen molar-refractivity contribution < 1.29 is 9.53 Å². The molecule has 1 atom stereocenters. The highest BCUT2D eigenvalue weighted by Crippen LogP contribution is 2.30. The molecule has 0 N–H and O–H groups in total. The van der Waals surface area contributed by atoms with Crippen LogP contribution in [0.3, 0.4) is 0 Å². The largest absolute Gasteiger partial charge is 0.493 e. The van der Waals surface area contributed by atoms with Gasteiger partial charge in [0.25, 0.3) is 0 Å². The molecule has 94 valence electrons. The van der Waals surface area contributed by atoms with E-state index in [1.54, 1.807) is 18.0 Å². The molecule has 0 aliphatic carbocycles. The second-order valence-electron chi connectivity index (χ2n) is 4.52. The smallest absolute Gasteiger partial charge is 0.188 e. The SMILES string of the molecule is COc1cnn(C(C)C)c1C(=O)C1CCSC1. The molecule has 2 heterocycles. The van der Waals surface area contributed by atoms with E-state index < -0.39 is 0 Å². The zero-order valence-electron chi connectivity index (χ0n) is 10.5. The van der Waals surface area contributed by atoms with Crippen LogP contribution in [-0.4, -0.2) is 34.2 Å². The van der Waals surface area contributed by atoms with Crippen LogP contribution in [0.25, 0.3) is 0 Å². The summed E-state index contributed by atoms with van der Waals surface area (Å²) in [5.74, 6) is 2.90. The van der Waals surface area contributed by atoms with Crippen LogP contribution >= 0.6 is 11.8 Å². The standard InChI is InChI=1S/C12H18N2O2S/c1-8(2)14-11(10(16-3)6-13-14)12(15)9-4-5-17-7-9/h6,8-9H,4-5,7H2,1-3H3. The van der Waals surface area contributed by atoms with Crippen LogP contribution in [-0.2, 0) is 0 Å². The molecule has 1 unspecified atom stereocenters. The maximum atomic E-state index is 12.5. The lowest BCUT2D eigenvalue weighted by Crippen LogP contribution is -2.20. The summed E-state index contributed by atoms with van der Waals surface area (Å²) >= 11 is 1.84. The summed E-state index contributed by atoms with van der Waals surface area (Å²) in [5, 5.41) is 4.24. The van der Waals surface area contributed by atoms with E-state index in [2.05, 4.69) is 5.10 Å². The molecule has 1 fully saturated rings. The van der Waals surface area contributed by atoms with Crippen molar-refractivity contribution in [3.63, 3.8) is 0 Å². The minimum absolute atomic E-state index is 0.128. The fourth-order valence-corrected chi connectivity index (χ4v) is 3.28. The molecule has 1 aromatic rings. The fourth-order valence-electron chi connectivity index (χ4n) is 2.06. The van der Waals surface area contributed by atoms with Gasteiger partial charge in [0.1, 0.15) is 5.69 Å². The number of aromatic nitrogens is 2. The van der Waals surface area contributed by atoms with E-state index in [0.717, 1.165) is 17.9 Å². The van der Waals surface area contributed by atoms with Gasteiger partial charge in [-0.25, -0.2) is 0 Å². The number of thioether (sulfide) groups is 1. The summed E-state index contributed by atoms with van der Waals surface area (Å²) in [7, 11) is 1.59. The number of hydrogen-bond donors (Lipinski definition) is 0. The van der Waals surface area contributed by atoms with Crippen molar-refractivity contribution in [3.8, 4) is 5.75 Å². The van der Waals surface area contributed by atoms with E-state index >= 15 is 0 Å². The second-order valence-corrected chi connectivity index (χ2v) is 5.67. The predicted molar refractivity (Wildman–Crippen MR) is 68.9 cm³/mol. The first-order chi connectivity index (χ1) is 8.15. The Bertz CT molecular complexity index is 409. The lowest BCUT2D eigenvalue weighted by atomic mass is 10.0. The molecule has 1 aliphatic rings. The topological polar surface area (TPSA) is 44.1 Å². The number of methoxy groups -OCH3 is 1. The number of carbonyl (C=O) groups excluding carboxylic acids is 1. The maximum Gasteiger partial charge on any atom is 0.188 e.